The number of nitrogen functional groups attached to an aromatic ring is 1. The molecule has 1 heterocycles. The molecular formula is C24H28ClN5O2. The third-order valence-corrected chi connectivity index (χ3v) is 4.99. The first-order chi connectivity index (χ1) is 15.1. The fourth-order valence-corrected chi connectivity index (χ4v) is 3.31. The molecule has 7 nitrogen and oxygen atoms in total. The number of anilines is 3. The van der Waals surface area contributed by atoms with Crippen LogP contribution >= 0.6 is 11.6 Å². The fraction of sp³-hybridized carbons (Fsp3) is 0.292. The van der Waals surface area contributed by atoms with E-state index in [1.165, 1.54) is 0 Å². The average molecular weight is 454 g/mol. The molecule has 0 bridgehead atoms. The number of hydrogen-bond donors (Lipinski definition) is 3. The maximum absolute atomic E-state index is 12.0. The second-order valence-corrected chi connectivity index (χ2v) is 8.82. The van der Waals surface area contributed by atoms with E-state index in [1.54, 1.807) is 0 Å². The van der Waals surface area contributed by atoms with Crippen molar-refractivity contribution in [3.63, 3.8) is 0 Å². The van der Waals surface area contributed by atoms with Crippen molar-refractivity contribution >= 4 is 35.1 Å². The highest BCUT2D eigenvalue weighted by atomic mass is 35.5. The van der Waals surface area contributed by atoms with Gasteiger partial charge in [0.2, 0.25) is 5.95 Å². The molecule has 4 N–H and O–H groups in total. The first-order valence-electron chi connectivity index (χ1n) is 10.3. The topological polar surface area (TPSA) is 102 Å². The molecule has 0 fully saturated rings. The van der Waals surface area contributed by atoms with Gasteiger partial charge in [-0.2, -0.15) is 4.98 Å². The number of carbonyl (C=O) groups excluding carboxylic acids is 1. The van der Waals surface area contributed by atoms with E-state index < -0.39 is 11.7 Å². The lowest BCUT2D eigenvalue weighted by molar-refractivity contribution is 0.0636. The van der Waals surface area contributed by atoms with Gasteiger partial charge in [0, 0.05) is 28.9 Å². The summed E-state index contributed by atoms with van der Waals surface area (Å²) in [5, 5.41) is 6.73. The van der Waals surface area contributed by atoms with Crippen LogP contribution in [-0.4, -0.2) is 28.2 Å². The van der Waals surface area contributed by atoms with Crippen molar-refractivity contribution < 1.29 is 9.53 Å². The third kappa shape index (κ3) is 6.59. The first kappa shape index (κ1) is 23.3. The van der Waals surface area contributed by atoms with Gasteiger partial charge >= 0.3 is 6.09 Å². The molecule has 0 unspecified atom stereocenters. The van der Waals surface area contributed by atoms with Crippen LogP contribution in [0.1, 0.15) is 31.9 Å². The third-order valence-electron chi connectivity index (χ3n) is 4.58. The second kappa shape index (κ2) is 9.87. The van der Waals surface area contributed by atoms with E-state index in [0.717, 1.165) is 23.1 Å². The molecule has 3 aromatic rings. The first-order valence-corrected chi connectivity index (χ1v) is 10.7. The van der Waals surface area contributed by atoms with Crippen molar-refractivity contribution in [2.75, 3.05) is 22.9 Å². The molecule has 2 aromatic carbocycles. The second-order valence-electron chi connectivity index (χ2n) is 8.41. The molecule has 0 spiro atoms. The summed E-state index contributed by atoms with van der Waals surface area (Å²) in [4.78, 5) is 20.6. The molecule has 32 heavy (non-hydrogen) atoms. The largest absolute Gasteiger partial charge is 0.444 e. The summed E-state index contributed by atoms with van der Waals surface area (Å²) in [6.45, 7) is 8.05. The molecule has 168 valence electrons. The predicted octanol–water partition coefficient (Wildman–Crippen LogP) is 5.69. The minimum Gasteiger partial charge on any atom is -0.444 e. The van der Waals surface area contributed by atoms with E-state index in [4.69, 9.17) is 22.1 Å². The molecule has 0 radical (unpaired) electrons. The number of amides is 1. The van der Waals surface area contributed by atoms with E-state index in [-0.39, 0.29) is 5.95 Å². The van der Waals surface area contributed by atoms with Gasteiger partial charge in [-0.1, -0.05) is 35.9 Å². The van der Waals surface area contributed by atoms with Crippen LogP contribution in [0.3, 0.4) is 0 Å². The van der Waals surface area contributed by atoms with E-state index >= 15 is 0 Å². The van der Waals surface area contributed by atoms with Gasteiger partial charge in [-0.25, -0.2) is 9.78 Å². The quantitative estimate of drug-likeness (QED) is 0.443. The van der Waals surface area contributed by atoms with Crippen LogP contribution in [-0.2, 0) is 11.2 Å². The Balaban J connectivity index is 1.64. The molecule has 1 aromatic heterocycles. The Morgan fingerprint density at radius 1 is 1.12 bits per heavy atom. The van der Waals surface area contributed by atoms with Gasteiger partial charge in [-0.15, -0.1) is 0 Å². The lowest BCUT2D eigenvalue weighted by Gasteiger charge is -2.19. The molecule has 0 saturated heterocycles. The Morgan fingerprint density at radius 2 is 1.88 bits per heavy atom. The fourth-order valence-electron chi connectivity index (χ4n) is 3.14. The number of aromatic nitrogens is 2. The van der Waals surface area contributed by atoms with Crippen LogP contribution in [0.2, 0.25) is 5.02 Å². The van der Waals surface area contributed by atoms with Crippen LogP contribution < -0.4 is 16.4 Å². The van der Waals surface area contributed by atoms with E-state index in [2.05, 4.69) is 20.6 Å². The number of ether oxygens (including phenoxy) is 1. The number of benzene rings is 2. The predicted molar refractivity (Wildman–Crippen MR) is 130 cm³/mol. The van der Waals surface area contributed by atoms with E-state index in [1.807, 2.05) is 76.2 Å². The van der Waals surface area contributed by atoms with Crippen LogP contribution in [0.4, 0.5) is 22.2 Å². The highest BCUT2D eigenvalue weighted by Crippen LogP contribution is 2.28. The Bertz CT molecular complexity index is 1110. The molecule has 0 saturated carbocycles. The Morgan fingerprint density at radius 3 is 2.62 bits per heavy atom. The molecule has 0 aliphatic rings. The van der Waals surface area contributed by atoms with Crippen molar-refractivity contribution in [2.45, 2.75) is 39.7 Å². The molecule has 3 rings (SSSR count). The summed E-state index contributed by atoms with van der Waals surface area (Å²) >= 11 is 6.25. The Hall–Kier alpha value is -3.32. The summed E-state index contributed by atoms with van der Waals surface area (Å²) in [6, 6.07) is 15.2. The van der Waals surface area contributed by atoms with Crippen LogP contribution in [0.5, 0.6) is 0 Å². The van der Waals surface area contributed by atoms with Crippen molar-refractivity contribution in [2.24, 2.45) is 0 Å². The zero-order chi connectivity index (χ0) is 23.3. The number of nitrogens with one attached hydrogen (secondary N) is 2. The smallest absolute Gasteiger partial charge is 0.412 e. The van der Waals surface area contributed by atoms with Gasteiger partial charge in [0.15, 0.2) is 0 Å². The SMILES string of the molecule is Cc1c(Cl)cccc1-c1cc(NCCc2cccc(NC(=O)OC(C)(C)C)c2)nc(N)n1. The summed E-state index contributed by atoms with van der Waals surface area (Å²) in [7, 11) is 0. The molecule has 0 aliphatic heterocycles. The standard InChI is InChI=1S/C24H28ClN5O2/c1-15-18(9-6-10-19(15)25)20-14-21(30-22(26)29-20)27-12-11-16-7-5-8-17(13-16)28-23(31)32-24(2,3)4/h5-10,13-14H,11-12H2,1-4H3,(H,28,31)(H3,26,27,29,30). The van der Waals surface area contributed by atoms with Gasteiger partial charge in [0.1, 0.15) is 11.4 Å². The van der Waals surface area contributed by atoms with Gasteiger partial charge in [-0.3, -0.25) is 5.32 Å². The zero-order valence-electron chi connectivity index (χ0n) is 18.7. The Kier molecular flexibility index (Phi) is 7.20. The van der Waals surface area contributed by atoms with Crippen LogP contribution in [0, 0.1) is 6.92 Å². The molecule has 8 heteroatoms. The highest BCUT2D eigenvalue weighted by Gasteiger charge is 2.16. The number of rotatable bonds is 6. The zero-order valence-corrected chi connectivity index (χ0v) is 19.5. The van der Waals surface area contributed by atoms with Crippen molar-refractivity contribution in [3.05, 3.63) is 64.7 Å². The summed E-state index contributed by atoms with van der Waals surface area (Å²) in [5.74, 6) is 0.822. The Labute approximate surface area is 193 Å². The number of carbonyl (C=O) groups is 1. The molecule has 0 atom stereocenters. The number of nitrogens with zero attached hydrogens (tertiary/aromatic N) is 2. The lowest BCUT2D eigenvalue weighted by atomic mass is 10.1. The summed E-state index contributed by atoms with van der Waals surface area (Å²) in [6.07, 6.45) is 0.243. The van der Waals surface area contributed by atoms with Gasteiger partial charge in [0.25, 0.3) is 0 Å². The number of halogens is 1. The molecule has 1 amide bonds. The normalized spacial score (nSPS) is 11.2. The van der Waals surface area contributed by atoms with Crippen LogP contribution in [0.15, 0.2) is 48.5 Å². The lowest BCUT2D eigenvalue weighted by Crippen LogP contribution is -2.27. The molecule has 0 aliphatic carbocycles. The van der Waals surface area contributed by atoms with E-state index in [0.29, 0.717) is 28.8 Å². The van der Waals surface area contributed by atoms with Gasteiger partial charge in [-0.05, 0) is 63.4 Å². The number of nitrogens with two attached hydrogens (primary N) is 1. The van der Waals surface area contributed by atoms with Gasteiger partial charge in [0.05, 0.1) is 5.69 Å². The minimum atomic E-state index is -0.548. The average Bonchev–Trinajstić information content (AvgIpc) is 2.68. The van der Waals surface area contributed by atoms with Crippen molar-refractivity contribution in [1.29, 1.82) is 0 Å². The summed E-state index contributed by atoms with van der Waals surface area (Å²) in [5.41, 5.74) is 9.68. The van der Waals surface area contributed by atoms with Crippen molar-refractivity contribution in [1.82, 2.24) is 9.97 Å². The highest BCUT2D eigenvalue weighted by molar-refractivity contribution is 6.31. The monoisotopic (exact) mass is 453 g/mol. The van der Waals surface area contributed by atoms with E-state index in [9.17, 15) is 4.79 Å². The van der Waals surface area contributed by atoms with Crippen LogP contribution in [0.25, 0.3) is 11.3 Å². The minimum absolute atomic E-state index is 0.188. The molecular weight excluding hydrogens is 426 g/mol. The number of hydrogen-bond acceptors (Lipinski definition) is 6. The summed E-state index contributed by atoms with van der Waals surface area (Å²) < 4.78 is 5.30. The van der Waals surface area contributed by atoms with Crippen molar-refractivity contribution in [3.8, 4) is 11.3 Å². The maximum atomic E-state index is 12.0. The maximum Gasteiger partial charge on any atom is 0.412 e. The van der Waals surface area contributed by atoms with Gasteiger partial charge < -0.3 is 15.8 Å².